The number of benzene rings is 1. The molecule has 0 radical (unpaired) electrons. The summed E-state index contributed by atoms with van der Waals surface area (Å²) in [6.07, 6.45) is 1.85. The Labute approximate surface area is 186 Å². The summed E-state index contributed by atoms with van der Waals surface area (Å²) in [5.41, 5.74) is 8.46. The molecule has 166 valence electrons. The number of nitrogens with zero attached hydrogens (tertiary/aromatic N) is 1. The average Bonchev–Trinajstić information content (AvgIpc) is 2.82. The number of ether oxygens (including phenoxy) is 1. The third-order valence-corrected chi connectivity index (χ3v) is 10.4. The molecule has 1 unspecified atom stereocenters. The first kappa shape index (κ1) is 24.5. The first-order chi connectivity index (χ1) is 13.7. The molecule has 0 spiro atoms. The van der Waals surface area contributed by atoms with E-state index in [9.17, 15) is 0 Å². The van der Waals surface area contributed by atoms with Crippen molar-refractivity contribution in [3.63, 3.8) is 0 Å². The predicted octanol–water partition coefficient (Wildman–Crippen LogP) is 7.25. The van der Waals surface area contributed by atoms with Gasteiger partial charge in [-0.05, 0) is 61.4 Å². The predicted molar refractivity (Wildman–Crippen MR) is 137 cm³/mol. The van der Waals surface area contributed by atoms with E-state index in [2.05, 4.69) is 99.3 Å². The molecule has 0 amide bonds. The Bertz CT molecular complexity index is 881. The highest BCUT2D eigenvalue weighted by Crippen LogP contribution is 2.44. The Morgan fingerprint density at radius 2 is 1.70 bits per heavy atom. The maximum atomic E-state index is 6.34. The molecule has 1 aromatic carbocycles. The number of hydrogen-bond donors (Lipinski definition) is 0. The van der Waals surface area contributed by atoms with Gasteiger partial charge >= 0.3 is 0 Å². The van der Waals surface area contributed by atoms with E-state index in [1.807, 2.05) is 6.08 Å². The van der Waals surface area contributed by atoms with E-state index in [-0.39, 0.29) is 5.41 Å². The normalized spacial score (nSPS) is 17.6. The second kappa shape index (κ2) is 8.78. The smallest absolute Gasteiger partial charge is 0.126 e. The molecule has 0 saturated carbocycles. The van der Waals surface area contributed by atoms with E-state index < -0.39 is 8.07 Å². The molecule has 1 atom stereocenters. The SMILES string of the molecule is C=CCOc1c(C[Si](C)(C)C2=C(C)C(C)=C(C)C2C)cc(N(C)C)cc1C(C)(C)C. The van der Waals surface area contributed by atoms with Crippen molar-refractivity contribution in [2.24, 2.45) is 5.92 Å². The highest BCUT2D eigenvalue weighted by molar-refractivity contribution is 6.84. The van der Waals surface area contributed by atoms with Crippen LogP contribution < -0.4 is 9.64 Å². The van der Waals surface area contributed by atoms with Crippen molar-refractivity contribution in [3.8, 4) is 5.75 Å². The molecule has 1 aliphatic carbocycles. The van der Waals surface area contributed by atoms with Crippen LogP contribution >= 0.6 is 0 Å². The van der Waals surface area contributed by atoms with E-state index in [4.69, 9.17) is 4.74 Å². The standard InChI is InChI=1S/C27H43NOSi/c1-13-14-29-25-22(15-23(28(9)10)16-24(25)27(6,7)8)17-30(11,12)26-20(4)18(2)19(3)21(26)5/h13,15-16,20H,1,14,17H2,2-12H3. The van der Waals surface area contributed by atoms with Crippen LogP contribution in [0.25, 0.3) is 0 Å². The first-order valence-electron chi connectivity index (χ1n) is 11.2. The number of hydrogen-bond acceptors (Lipinski definition) is 2. The molecular formula is C27H43NOSi. The summed E-state index contributed by atoms with van der Waals surface area (Å²) in [6.45, 7) is 25.6. The molecule has 1 aromatic rings. The van der Waals surface area contributed by atoms with Gasteiger partial charge in [0.15, 0.2) is 0 Å². The maximum Gasteiger partial charge on any atom is 0.126 e. The zero-order valence-electron chi connectivity index (χ0n) is 21.3. The summed E-state index contributed by atoms with van der Waals surface area (Å²) >= 11 is 0. The van der Waals surface area contributed by atoms with Gasteiger partial charge < -0.3 is 9.64 Å². The molecule has 0 aromatic heterocycles. The lowest BCUT2D eigenvalue weighted by Gasteiger charge is -2.33. The van der Waals surface area contributed by atoms with E-state index in [0.29, 0.717) is 12.5 Å². The summed E-state index contributed by atoms with van der Waals surface area (Å²) in [6, 6.07) is 5.74. The molecule has 30 heavy (non-hydrogen) atoms. The Balaban J connectivity index is 2.65. The summed E-state index contributed by atoms with van der Waals surface area (Å²) < 4.78 is 6.34. The van der Waals surface area contributed by atoms with Crippen LogP contribution in [-0.2, 0) is 11.5 Å². The second-order valence-corrected chi connectivity index (χ2v) is 15.5. The molecule has 0 N–H and O–H groups in total. The van der Waals surface area contributed by atoms with Crippen molar-refractivity contribution < 1.29 is 4.74 Å². The molecule has 1 aliphatic rings. The summed E-state index contributed by atoms with van der Waals surface area (Å²) in [4.78, 5) is 2.21. The van der Waals surface area contributed by atoms with Gasteiger partial charge in [-0.3, -0.25) is 0 Å². The Morgan fingerprint density at radius 1 is 1.10 bits per heavy atom. The second-order valence-electron chi connectivity index (χ2n) is 10.9. The van der Waals surface area contributed by atoms with Crippen LogP contribution in [0.15, 0.2) is 46.7 Å². The fraction of sp³-hybridized carbons (Fsp3) is 0.556. The highest BCUT2D eigenvalue weighted by atomic mass is 28.3. The van der Waals surface area contributed by atoms with Crippen molar-refractivity contribution in [2.45, 2.75) is 73.0 Å². The lowest BCUT2D eigenvalue weighted by molar-refractivity contribution is 0.348. The molecular weight excluding hydrogens is 382 g/mol. The zero-order valence-corrected chi connectivity index (χ0v) is 22.3. The van der Waals surface area contributed by atoms with Crippen LogP contribution in [-0.4, -0.2) is 28.8 Å². The van der Waals surface area contributed by atoms with Gasteiger partial charge in [0, 0.05) is 25.3 Å². The monoisotopic (exact) mass is 425 g/mol. The van der Waals surface area contributed by atoms with Crippen LogP contribution in [0.2, 0.25) is 13.1 Å². The van der Waals surface area contributed by atoms with Crippen molar-refractivity contribution >= 4 is 13.8 Å². The summed E-state index contributed by atoms with van der Waals surface area (Å²) in [5, 5.41) is 1.71. The Hall–Kier alpha value is -1.74. The fourth-order valence-corrected chi connectivity index (χ4v) is 8.96. The lowest BCUT2D eigenvalue weighted by Crippen LogP contribution is -2.36. The third-order valence-electron chi connectivity index (χ3n) is 6.82. The van der Waals surface area contributed by atoms with Gasteiger partial charge in [-0.25, -0.2) is 0 Å². The van der Waals surface area contributed by atoms with Gasteiger partial charge in [-0.1, -0.05) is 69.8 Å². The number of allylic oxidation sites excluding steroid dienone is 4. The summed E-state index contributed by atoms with van der Waals surface area (Å²) in [7, 11) is 2.53. The van der Waals surface area contributed by atoms with Crippen LogP contribution in [0.4, 0.5) is 5.69 Å². The zero-order chi connectivity index (χ0) is 23.0. The van der Waals surface area contributed by atoms with Crippen LogP contribution in [0.3, 0.4) is 0 Å². The quantitative estimate of drug-likeness (QED) is 0.337. The van der Waals surface area contributed by atoms with Gasteiger partial charge in [-0.2, -0.15) is 0 Å². The van der Waals surface area contributed by atoms with Crippen molar-refractivity contribution in [1.82, 2.24) is 0 Å². The molecule has 3 heteroatoms. The van der Waals surface area contributed by atoms with Gasteiger partial charge in [0.25, 0.3) is 0 Å². The minimum Gasteiger partial charge on any atom is -0.489 e. The Morgan fingerprint density at radius 3 is 2.13 bits per heavy atom. The largest absolute Gasteiger partial charge is 0.489 e. The van der Waals surface area contributed by atoms with Gasteiger partial charge in [0.05, 0.1) is 8.07 Å². The maximum absolute atomic E-state index is 6.34. The van der Waals surface area contributed by atoms with Gasteiger partial charge in [0.1, 0.15) is 12.4 Å². The van der Waals surface area contributed by atoms with Crippen molar-refractivity contribution in [1.29, 1.82) is 0 Å². The molecule has 2 rings (SSSR count). The fourth-order valence-electron chi connectivity index (χ4n) is 4.96. The van der Waals surface area contributed by atoms with Crippen molar-refractivity contribution in [2.75, 3.05) is 25.6 Å². The minimum absolute atomic E-state index is 0.00748. The topological polar surface area (TPSA) is 12.5 Å². The molecule has 0 aliphatic heterocycles. The average molecular weight is 426 g/mol. The van der Waals surface area contributed by atoms with E-state index in [1.54, 1.807) is 10.8 Å². The van der Waals surface area contributed by atoms with E-state index in [0.717, 1.165) is 11.8 Å². The van der Waals surface area contributed by atoms with E-state index in [1.165, 1.54) is 28.0 Å². The first-order valence-corrected chi connectivity index (χ1v) is 14.4. The third kappa shape index (κ3) is 4.77. The van der Waals surface area contributed by atoms with Gasteiger partial charge in [0.2, 0.25) is 0 Å². The molecule has 0 bridgehead atoms. The summed E-state index contributed by atoms with van der Waals surface area (Å²) in [5.74, 6) is 1.63. The molecule has 0 saturated heterocycles. The molecule has 2 nitrogen and oxygen atoms in total. The van der Waals surface area contributed by atoms with Crippen molar-refractivity contribution in [3.05, 3.63) is 57.8 Å². The van der Waals surface area contributed by atoms with Crippen LogP contribution in [0.5, 0.6) is 5.75 Å². The van der Waals surface area contributed by atoms with E-state index >= 15 is 0 Å². The molecule has 0 fully saturated rings. The van der Waals surface area contributed by atoms with Gasteiger partial charge in [-0.15, -0.1) is 0 Å². The number of anilines is 1. The Kier molecular flexibility index (Phi) is 7.18. The lowest BCUT2D eigenvalue weighted by atomic mass is 9.84. The number of rotatable bonds is 7. The highest BCUT2D eigenvalue weighted by Gasteiger charge is 2.37. The minimum atomic E-state index is -1.72. The van der Waals surface area contributed by atoms with Crippen LogP contribution in [0.1, 0.15) is 59.6 Å². The molecule has 0 heterocycles. The van der Waals surface area contributed by atoms with Crippen LogP contribution in [0, 0.1) is 5.92 Å².